The molecule has 0 saturated heterocycles. The minimum Gasteiger partial charge on any atom is -0.484 e. The van der Waals surface area contributed by atoms with Crippen molar-refractivity contribution in [3.63, 3.8) is 0 Å². The number of carbonyl (C=O) groups excluding carboxylic acids is 1. The van der Waals surface area contributed by atoms with E-state index in [-0.39, 0.29) is 12.5 Å². The smallest absolute Gasteiger partial charge is 0.260 e. The van der Waals surface area contributed by atoms with Crippen LogP contribution in [0, 0.1) is 5.92 Å². The lowest BCUT2D eigenvalue weighted by molar-refractivity contribution is -0.134. The lowest BCUT2D eigenvalue weighted by Gasteiger charge is -2.25. The molecule has 0 aliphatic heterocycles. The average Bonchev–Trinajstić information content (AvgIpc) is 3.13. The molecular weight excluding hydrogens is 348 g/mol. The van der Waals surface area contributed by atoms with Crippen LogP contribution < -0.4 is 4.74 Å². The fraction of sp³-hybridized carbons (Fsp3) is 0.292. The third-order valence-electron chi connectivity index (χ3n) is 4.52. The number of para-hydroxylation sites is 1. The van der Waals surface area contributed by atoms with Gasteiger partial charge in [0.15, 0.2) is 6.61 Å². The summed E-state index contributed by atoms with van der Waals surface area (Å²) >= 11 is 0. The van der Waals surface area contributed by atoms with Gasteiger partial charge in [-0.25, -0.2) is 0 Å². The molecule has 0 spiro atoms. The van der Waals surface area contributed by atoms with Crippen LogP contribution in [0.4, 0.5) is 0 Å². The highest BCUT2D eigenvalue weighted by atomic mass is 16.5. The highest BCUT2D eigenvalue weighted by Gasteiger charge is 2.18. The van der Waals surface area contributed by atoms with Gasteiger partial charge < -0.3 is 14.2 Å². The first kappa shape index (κ1) is 19.7. The third-order valence-corrected chi connectivity index (χ3v) is 4.52. The van der Waals surface area contributed by atoms with E-state index in [4.69, 9.17) is 4.74 Å². The summed E-state index contributed by atoms with van der Waals surface area (Å²) in [5, 5.41) is 0. The number of carbonyl (C=O) groups is 1. The van der Waals surface area contributed by atoms with Gasteiger partial charge in [0.25, 0.3) is 5.91 Å². The molecule has 0 N–H and O–H groups in total. The molecule has 0 fully saturated rings. The maximum atomic E-state index is 12.8. The number of ether oxygens (including phenoxy) is 1. The number of nitrogens with zero attached hydrogens (tertiary/aromatic N) is 2. The van der Waals surface area contributed by atoms with Gasteiger partial charge in [0.05, 0.1) is 6.54 Å². The van der Waals surface area contributed by atoms with E-state index in [0.29, 0.717) is 24.8 Å². The summed E-state index contributed by atoms with van der Waals surface area (Å²) in [6, 6.07) is 24.0. The van der Waals surface area contributed by atoms with E-state index >= 15 is 0 Å². The summed E-state index contributed by atoms with van der Waals surface area (Å²) < 4.78 is 7.88. The summed E-state index contributed by atoms with van der Waals surface area (Å²) in [5.74, 6) is 1.11. The van der Waals surface area contributed by atoms with Gasteiger partial charge in [-0.3, -0.25) is 4.79 Å². The predicted octanol–water partition coefficient (Wildman–Crippen LogP) is 4.60. The molecule has 4 nitrogen and oxygen atoms in total. The number of hydrogen-bond acceptors (Lipinski definition) is 2. The van der Waals surface area contributed by atoms with Gasteiger partial charge in [-0.1, -0.05) is 62.4 Å². The van der Waals surface area contributed by atoms with Crippen LogP contribution in [-0.4, -0.2) is 28.5 Å². The van der Waals surface area contributed by atoms with Gasteiger partial charge in [-0.05, 0) is 35.7 Å². The van der Waals surface area contributed by atoms with Crippen molar-refractivity contribution in [2.24, 2.45) is 5.92 Å². The van der Waals surface area contributed by atoms with Gasteiger partial charge in [0.2, 0.25) is 0 Å². The van der Waals surface area contributed by atoms with Gasteiger partial charge in [-0.2, -0.15) is 0 Å². The van der Waals surface area contributed by atoms with Crippen molar-refractivity contribution in [1.82, 2.24) is 9.47 Å². The Morgan fingerprint density at radius 1 is 0.964 bits per heavy atom. The van der Waals surface area contributed by atoms with Gasteiger partial charge in [0.1, 0.15) is 5.75 Å². The monoisotopic (exact) mass is 376 g/mol. The zero-order valence-corrected chi connectivity index (χ0v) is 16.6. The second-order valence-electron chi connectivity index (χ2n) is 7.38. The van der Waals surface area contributed by atoms with E-state index < -0.39 is 0 Å². The van der Waals surface area contributed by atoms with Crippen LogP contribution >= 0.6 is 0 Å². The Balaban J connectivity index is 1.67. The lowest BCUT2D eigenvalue weighted by atomic mass is 10.2. The largest absolute Gasteiger partial charge is 0.484 e. The van der Waals surface area contributed by atoms with Crippen LogP contribution in [0.2, 0.25) is 0 Å². The highest BCUT2D eigenvalue weighted by molar-refractivity contribution is 5.77. The van der Waals surface area contributed by atoms with Gasteiger partial charge >= 0.3 is 0 Å². The number of rotatable bonds is 9. The predicted molar refractivity (Wildman–Crippen MR) is 112 cm³/mol. The van der Waals surface area contributed by atoms with E-state index in [2.05, 4.69) is 42.8 Å². The zero-order chi connectivity index (χ0) is 19.8. The summed E-state index contributed by atoms with van der Waals surface area (Å²) in [4.78, 5) is 14.7. The van der Waals surface area contributed by atoms with Gasteiger partial charge in [0, 0.05) is 25.0 Å². The van der Waals surface area contributed by atoms with Crippen molar-refractivity contribution < 1.29 is 9.53 Å². The van der Waals surface area contributed by atoms with Crippen LogP contribution in [0.1, 0.15) is 25.1 Å². The number of hydrogen-bond donors (Lipinski definition) is 0. The first-order chi connectivity index (χ1) is 13.6. The molecule has 146 valence electrons. The highest BCUT2D eigenvalue weighted by Crippen LogP contribution is 2.13. The molecule has 3 aromatic rings. The normalized spacial score (nSPS) is 10.8. The number of benzene rings is 2. The molecule has 1 amide bonds. The quantitative estimate of drug-likeness (QED) is 0.547. The van der Waals surface area contributed by atoms with Crippen molar-refractivity contribution in [2.75, 3.05) is 13.2 Å². The van der Waals surface area contributed by atoms with Crippen LogP contribution in [0.25, 0.3) is 0 Å². The Morgan fingerprint density at radius 3 is 2.32 bits per heavy atom. The second kappa shape index (κ2) is 9.79. The van der Waals surface area contributed by atoms with Crippen molar-refractivity contribution >= 4 is 5.91 Å². The number of amides is 1. The van der Waals surface area contributed by atoms with Crippen LogP contribution in [0.15, 0.2) is 79.0 Å². The van der Waals surface area contributed by atoms with Crippen molar-refractivity contribution in [3.8, 4) is 5.75 Å². The maximum Gasteiger partial charge on any atom is 0.260 e. The van der Waals surface area contributed by atoms with E-state index in [0.717, 1.165) is 12.2 Å². The lowest BCUT2D eigenvalue weighted by Crippen LogP contribution is -2.37. The molecule has 0 saturated carbocycles. The van der Waals surface area contributed by atoms with E-state index in [9.17, 15) is 4.79 Å². The summed E-state index contributed by atoms with van der Waals surface area (Å²) in [6.07, 6.45) is 2.07. The Kier molecular flexibility index (Phi) is 6.90. The molecule has 0 aliphatic rings. The van der Waals surface area contributed by atoms with Crippen LogP contribution in [0.3, 0.4) is 0 Å². The minimum atomic E-state index is 0.00464. The van der Waals surface area contributed by atoms with E-state index in [1.807, 2.05) is 59.5 Å². The Hall–Kier alpha value is -3.01. The molecule has 2 aromatic carbocycles. The second-order valence-corrected chi connectivity index (χ2v) is 7.38. The first-order valence-electron chi connectivity index (χ1n) is 9.75. The molecule has 0 unspecified atom stereocenters. The topological polar surface area (TPSA) is 34.5 Å². The first-order valence-corrected chi connectivity index (χ1v) is 9.75. The van der Waals surface area contributed by atoms with Crippen molar-refractivity contribution in [1.29, 1.82) is 0 Å². The fourth-order valence-electron chi connectivity index (χ4n) is 3.17. The molecule has 0 bridgehead atoms. The Bertz CT molecular complexity index is 857. The van der Waals surface area contributed by atoms with Crippen LogP contribution in [0.5, 0.6) is 5.75 Å². The standard InChI is InChI=1S/C24H28N2O2/c1-20(2)16-26(24(27)19-28-23-13-7-4-8-14-23)18-22-12-9-15-25(22)17-21-10-5-3-6-11-21/h3-15,20H,16-19H2,1-2H3. The van der Waals surface area contributed by atoms with E-state index in [1.165, 1.54) is 5.56 Å². The number of aromatic nitrogens is 1. The van der Waals surface area contributed by atoms with Crippen molar-refractivity contribution in [2.45, 2.75) is 26.9 Å². The molecule has 0 atom stereocenters. The molecular formula is C24H28N2O2. The Morgan fingerprint density at radius 2 is 1.64 bits per heavy atom. The minimum absolute atomic E-state index is 0.00464. The third kappa shape index (κ3) is 5.74. The molecule has 0 radical (unpaired) electrons. The average molecular weight is 377 g/mol. The SMILES string of the molecule is CC(C)CN(Cc1cccn1Cc1ccccc1)C(=O)COc1ccccc1. The fourth-order valence-corrected chi connectivity index (χ4v) is 3.17. The summed E-state index contributed by atoms with van der Waals surface area (Å²) in [5.41, 5.74) is 2.37. The Labute approximate surface area is 167 Å². The molecule has 0 aliphatic carbocycles. The summed E-state index contributed by atoms with van der Waals surface area (Å²) in [6.45, 7) is 6.38. The van der Waals surface area contributed by atoms with E-state index in [1.54, 1.807) is 0 Å². The molecule has 1 aromatic heterocycles. The molecule has 4 heteroatoms. The molecule has 3 rings (SSSR count). The maximum absolute atomic E-state index is 12.8. The van der Waals surface area contributed by atoms with Crippen LogP contribution in [-0.2, 0) is 17.9 Å². The zero-order valence-electron chi connectivity index (χ0n) is 16.6. The molecule has 28 heavy (non-hydrogen) atoms. The van der Waals surface area contributed by atoms with Gasteiger partial charge in [-0.15, -0.1) is 0 Å². The van der Waals surface area contributed by atoms with Crippen molar-refractivity contribution in [3.05, 3.63) is 90.3 Å². The summed E-state index contributed by atoms with van der Waals surface area (Å²) in [7, 11) is 0. The molecule has 1 heterocycles.